The van der Waals surface area contributed by atoms with Gasteiger partial charge in [-0.2, -0.15) is 0 Å². The molecule has 0 spiro atoms. The van der Waals surface area contributed by atoms with Gasteiger partial charge in [0.05, 0.1) is 0 Å². The number of imidazole rings is 1. The molecule has 3 heteroatoms. The Kier molecular flexibility index (Phi) is 2.45. The quantitative estimate of drug-likeness (QED) is 0.691. The maximum Gasteiger partial charge on any atom is 0.135 e. The van der Waals surface area contributed by atoms with Gasteiger partial charge in [-0.1, -0.05) is 6.92 Å². The highest BCUT2D eigenvalue weighted by molar-refractivity contribution is 4.91. The van der Waals surface area contributed by atoms with Gasteiger partial charge < -0.3 is 9.72 Å². The Balaban J connectivity index is 2.64. The van der Waals surface area contributed by atoms with E-state index in [-0.39, 0.29) is 6.10 Å². The lowest BCUT2D eigenvalue weighted by Gasteiger charge is -2.08. The zero-order valence-corrected chi connectivity index (χ0v) is 6.29. The summed E-state index contributed by atoms with van der Waals surface area (Å²) in [4.78, 5) is 7.08. The molecule has 1 unspecified atom stereocenters. The van der Waals surface area contributed by atoms with E-state index < -0.39 is 0 Å². The molecule has 0 saturated heterocycles. The summed E-state index contributed by atoms with van der Waals surface area (Å²) in [5.74, 6) is 0.907. The minimum absolute atomic E-state index is 0.120. The molecule has 1 aromatic rings. The molecule has 0 radical (unpaired) electrons. The molecule has 1 aromatic heterocycles. The number of hydrogen-bond donors (Lipinski definition) is 1. The van der Waals surface area contributed by atoms with Crippen molar-refractivity contribution in [2.45, 2.75) is 19.4 Å². The van der Waals surface area contributed by atoms with Crippen LogP contribution >= 0.6 is 0 Å². The summed E-state index contributed by atoms with van der Waals surface area (Å²) >= 11 is 0. The maximum absolute atomic E-state index is 5.15. The predicted octanol–water partition coefficient (Wildman–Crippen LogP) is 1.51. The molecule has 1 heterocycles. The van der Waals surface area contributed by atoms with Crippen molar-refractivity contribution in [1.82, 2.24) is 9.97 Å². The van der Waals surface area contributed by atoms with Gasteiger partial charge in [0.2, 0.25) is 0 Å². The highest BCUT2D eigenvalue weighted by Crippen LogP contribution is 2.14. The van der Waals surface area contributed by atoms with E-state index in [1.165, 1.54) is 0 Å². The molecule has 0 aliphatic carbocycles. The van der Waals surface area contributed by atoms with Crippen molar-refractivity contribution in [2.75, 3.05) is 7.11 Å². The third-order valence-electron chi connectivity index (χ3n) is 1.48. The summed E-state index contributed by atoms with van der Waals surface area (Å²) in [6.07, 6.45) is 4.60. The third-order valence-corrected chi connectivity index (χ3v) is 1.48. The van der Waals surface area contributed by atoms with E-state index >= 15 is 0 Å². The zero-order chi connectivity index (χ0) is 7.40. The molecule has 1 atom stereocenters. The number of nitrogens with zero attached hydrogens (tertiary/aromatic N) is 1. The van der Waals surface area contributed by atoms with E-state index in [2.05, 4.69) is 16.9 Å². The van der Waals surface area contributed by atoms with Gasteiger partial charge in [0, 0.05) is 19.5 Å². The van der Waals surface area contributed by atoms with Crippen LogP contribution < -0.4 is 0 Å². The number of aromatic nitrogens is 2. The summed E-state index contributed by atoms with van der Waals surface area (Å²) in [5.41, 5.74) is 0. The van der Waals surface area contributed by atoms with Crippen LogP contribution in [0.4, 0.5) is 0 Å². The largest absolute Gasteiger partial charge is 0.374 e. The van der Waals surface area contributed by atoms with E-state index in [0.29, 0.717) is 0 Å². The van der Waals surface area contributed by atoms with Gasteiger partial charge in [-0.25, -0.2) is 4.98 Å². The lowest BCUT2D eigenvalue weighted by Crippen LogP contribution is -2.01. The first-order valence-corrected chi connectivity index (χ1v) is 3.40. The van der Waals surface area contributed by atoms with Crippen LogP contribution in [-0.4, -0.2) is 17.1 Å². The first-order valence-electron chi connectivity index (χ1n) is 3.40. The Morgan fingerprint density at radius 2 is 2.60 bits per heavy atom. The monoisotopic (exact) mass is 140 g/mol. The second kappa shape index (κ2) is 3.37. The van der Waals surface area contributed by atoms with Crippen molar-refractivity contribution in [1.29, 1.82) is 0 Å². The lowest BCUT2D eigenvalue weighted by molar-refractivity contribution is 0.0933. The average molecular weight is 140 g/mol. The molecule has 0 fully saturated rings. The second-order valence-corrected chi connectivity index (χ2v) is 2.11. The van der Waals surface area contributed by atoms with E-state index in [1.54, 1.807) is 19.5 Å². The van der Waals surface area contributed by atoms with Crippen LogP contribution in [0.3, 0.4) is 0 Å². The SMILES string of the molecule is CCC(OC)c1ncc[nH]1. The van der Waals surface area contributed by atoms with Gasteiger partial charge in [0.15, 0.2) is 0 Å². The topological polar surface area (TPSA) is 37.9 Å². The highest BCUT2D eigenvalue weighted by atomic mass is 16.5. The number of methoxy groups -OCH3 is 1. The summed E-state index contributed by atoms with van der Waals surface area (Å²) in [7, 11) is 1.69. The summed E-state index contributed by atoms with van der Waals surface area (Å²) in [5, 5.41) is 0. The van der Waals surface area contributed by atoms with Crippen LogP contribution in [0, 0.1) is 0 Å². The number of hydrogen-bond acceptors (Lipinski definition) is 2. The Morgan fingerprint density at radius 1 is 1.80 bits per heavy atom. The molecule has 1 rings (SSSR count). The molecular weight excluding hydrogens is 128 g/mol. The van der Waals surface area contributed by atoms with E-state index in [1.807, 2.05) is 0 Å². The number of nitrogens with one attached hydrogen (secondary N) is 1. The van der Waals surface area contributed by atoms with Gasteiger partial charge in [0.1, 0.15) is 11.9 Å². The average Bonchev–Trinajstić information content (AvgIpc) is 2.43. The van der Waals surface area contributed by atoms with Crippen molar-refractivity contribution in [3.8, 4) is 0 Å². The van der Waals surface area contributed by atoms with Gasteiger partial charge >= 0.3 is 0 Å². The fourth-order valence-corrected chi connectivity index (χ4v) is 0.925. The van der Waals surface area contributed by atoms with Crippen molar-refractivity contribution in [3.63, 3.8) is 0 Å². The van der Waals surface area contributed by atoms with Gasteiger partial charge in [-0.15, -0.1) is 0 Å². The highest BCUT2D eigenvalue weighted by Gasteiger charge is 2.08. The standard InChI is InChI=1S/C7H12N2O/c1-3-6(10-2)7-8-4-5-9-7/h4-6H,3H2,1-2H3,(H,8,9). The van der Waals surface area contributed by atoms with Crippen LogP contribution in [0.2, 0.25) is 0 Å². The molecule has 0 saturated carbocycles. The molecule has 0 bridgehead atoms. The predicted molar refractivity (Wildman–Crippen MR) is 38.6 cm³/mol. The fourth-order valence-electron chi connectivity index (χ4n) is 0.925. The summed E-state index contributed by atoms with van der Waals surface area (Å²) in [6.45, 7) is 2.07. The minimum atomic E-state index is 0.120. The minimum Gasteiger partial charge on any atom is -0.374 e. The van der Waals surface area contributed by atoms with E-state index in [4.69, 9.17) is 4.74 Å². The van der Waals surface area contributed by atoms with Crippen LogP contribution in [0.1, 0.15) is 25.3 Å². The number of rotatable bonds is 3. The molecule has 56 valence electrons. The zero-order valence-electron chi connectivity index (χ0n) is 6.29. The van der Waals surface area contributed by atoms with Crippen LogP contribution in [0.15, 0.2) is 12.4 Å². The molecule has 1 N–H and O–H groups in total. The van der Waals surface area contributed by atoms with E-state index in [9.17, 15) is 0 Å². The first kappa shape index (κ1) is 7.28. The second-order valence-electron chi connectivity index (χ2n) is 2.11. The normalized spacial score (nSPS) is 13.4. The van der Waals surface area contributed by atoms with E-state index in [0.717, 1.165) is 12.2 Å². The van der Waals surface area contributed by atoms with Crippen LogP contribution in [0.5, 0.6) is 0 Å². The number of H-pyrrole nitrogens is 1. The molecule has 0 aliphatic heterocycles. The fraction of sp³-hybridized carbons (Fsp3) is 0.571. The van der Waals surface area contributed by atoms with Gasteiger partial charge in [-0.3, -0.25) is 0 Å². The van der Waals surface area contributed by atoms with Crippen molar-refractivity contribution >= 4 is 0 Å². The smallest absolute Gasteiger partial charge is 0.135 e. The Bertz CT molecular complexity index is 168. The van der Waals surface area contributed by atoms with Crippen molar-refractivity contribution < 1.29 is 4.74 Å². The van der Waals surface area contributed by atoms with Crippen LogP contribution in [0.25, 0.3) is 0 Å². The Morgan fingerprint density at radius 3 is 3.00 bits per heavy atom. The van der Waals surface area contributed by atoms with Gasteiger partial charge in [-0.05, 0) is 6.42 Å². The molecule has 0 aliphatic rings. The summed E-state index contributed by atoms with van der Waals surface area (Å²) in [6, 6.07) is 0. The molecule has 10 heavy (non-hydrogen) atoms. The maximum atomic E-state index is 5.15. The number of ether oxygens (including phenoxy) is 1. The van der Waals surface area contributed by atoms with Gasteiger partial charge in [0.25, 0.3) is 0 Å². The molecule has 0 amide bonds. The van der Waals surface area contributed by atoms with Crippen molar-refractivity contribution in [3.05, 3.63) is 18.2 Å². The molecule has 3 nitrogen and oxygen atoms in total. The first-order chi connectivity index (χ1) is 4.88. The molecule has 0 aromatic carbocycles. The summed E-state index contributed by atoms with van der Waals surface area (Å²) < 4.78 is 5.15. The Hall–Kier alpha value is -0.830. The lowest BCUT2D eigenvalue weighted by atomic mass is 10.3. The molecular formula is C7H12N2O. The number of aromatic amines is 1. The van der Waals surface area contributed by atoms with Crippen LogP contribution in [-0.2, 0) is 4.74 Å². The third kappa shape index (κ3) is 1.36. The Labute approximate surface area is 60.4 Å². The van der Waals surface area contributed by atoms with Crippen molar-refractivity contribution in [2.24, 2.45) is 0 Å².